The summed E-state index contributed by atoms with van der Waals surface area (Å²) in [6, 6.07) is 0. The SMILES string of the molecule is ClC1=[C-]C\C=C/C=C\C=C/1.[Li+]. The van der Waals surface area contributed by atoms with E-state index in [1.807, 2.05) is 36.5 Å². The topological polar surface area (TPSA) is 0 Å². The molecule has 52 valence electrons. The van der Waals surface area contributed by atoms with Crippen LogP contribution < -0.4 is 18.9 Å². The summed E-state index contributed by atoms with van der Waals surface area (Å²) in [5.41, 5.74) is 0. The van der Waals surface area contributed by atoms with Gasteiger partial charge in [-0.15, -0.1) is 22.7 Å². The van der Waals surface area contributed by atoms with Crippen LogP contribution in [0.25, 0.3) is 0 Å². The van der Waals surface area contributed by atoms with Crippen molar-refractivity contribution in [1.29, 1.82) is 0 Å². The molecule has 0 heterocycles. The molecule has 0 saturated heterocycles. The van der Waals surface area contributed by atoms with Crippen LogP contribution in [0, 0.1) is 6.08 Å². The Kier molecular flexibility index (Phi) is 6.46. The molecule has 1 aliphatic carbocycles. The average Bonchev–Trinajstić information content (AvgIpc) is 2.02. The molecule has 0 atom stereocenters. The summed E-state index contributed by atoms with van der Waals surface area (Å²) >= 11 is 5.72. The maximum absolute atomic E-state index is 5.72. The van der Waals surface area contributed by atoms with Crippen molar-refractivity contribution in [3.05, 3.63) is 47.6 Å². The van der Waals surface area contributed by atoms with Crippen molar-refractivity contribution in [1.82, 2.24) is 0 Å². The van der Waals surface area contributed by atoms with Gasteiger partial charge in [0.05, 0.1) is 0 Å². The molecule has 0 spiro atoms. The number of halogens is 1. The fourth-order valence-corrected chi connectivity index (χ4v) is 0.780. The van der Waals surface area contributed by atoms with E-state index in [4.69, 9.17) is 11.6 Å². The van der Waals surface area contributed by atoms with Crippen LogP contribution in [0.4, 0.5) is 0 Å². The van der Waals surface area contributed by atoms with E-state index in [0.717, 1.165) is 6.42 Å². The minimum absolute atomic E-state index is 0. The third-order valence-electron chi connectivity index (χ3n) is 1.10. The van der Waals surface area contributed by atoms with E-state index in [-0.39, 0.29) is 18.9 Å². The summed E-state index contributed by atoms with van der Waals surface area (Å²) in [6.45, 7) is 0. The van der Waals surface area contributed by atoms with Gasteiger partial charge in [-0.1, -0.05) is 30.7 Å². The van der Waals surface area contributed by atoms with E-state index in [1.54, 1.807) is 0 Å². The second-order valence-electron chi connectivity index (χ2n) is 1.90. The molecule has 0 bridgehead atoms. The summed E-state index contributed by atoms with van der Waals surface area (Å²) in [5.74, 6) is 0. The van der Waals surface area contributed by atoms with E-state index in [2.05, 4.69) is 6.08 Å². The summed E-state index contributed by atoms with van der Waals surface area (Å²) in [5, 5.41) is 0.677. The molecule has 0 saturated carbocycles. The van der Waals surface area contributed by atoms with Gasteiger partial charge in [-0.2, -0.15) is 6.08 Å². The first-order valence-electron chi connectivity index (χ1n) is 3.16. The molecule has 0 aromatic rings. The van der Waals surface area contributed by atoms with E-state index < -0.39 is 0 Å². The molecule has 0 fully saturated rings. The van der Waals surface area contributed by atoms with Crippen molar-refractivity contribution in [2.45, 2.75) is 6.42 Å². The third kappa shape index (κ3) is 5.15. The van der Waals surface area contributed by atoms with Gasteiger partial charge in [-0.05, 0) is 0 Å². The van der Waals surface area contributed by atoms with Crippen LogP contribution in [-0.4, -0.2) is 0 Å². The molecule has 0 aromatic carbocycles. The summed E-state index contributed by atoms with van der Waals surface area (Å²) in [4.78, 5) is 0. The van der Waals surface area contributed by atoms with Crippen LogP contribution in [0.5, 0.6) is 0 Å². The number of allylic oxidation sites excluding steroid dienone is 8. The van der Waals surface area contributed by atoms with E-state index in [1.165, 1.54) is 0 Å². The van der Waals surface area contributed by atoms with E-state index in [0.29, 0.717) is 5.03 Å². The predicted octanol–water partition coefficient (Wildman–Crippen LogP) is -0.0114. The normalized spacial score (nSPS) is 24.6. The maximum atomic E-state index is 5.72. The molecule has 11 heavy (non-hydrogen) atoms. The standard InChI is InChI=1S/C9H8Cl.Li/c10-9-7-5-3-1-2-4-6-8-9;/h1-5,7H,6H2;/q-1;+1/b3-1-,4-2-,7-5-;. The van der Waals surface area contributed by atoms with Gasteiger partial charge in [0.2, 0.25) is 0 Å². The Balaban J connectivity index is 0.000001000. The molecule has 0 amide bonds. The van der Waals surface area contributed by atoms with Crippen LogP contribution >= 0.6 is 11.6 Å². The number of hydrogen-bond donors (Lipinski definition) is 0. The first-order valence-corrected chi connectivity index (χ1v) is 3.53. The zero-order valence-electron chi connectivity index (χ0n) is 6.55. The maximum Gasteiger partial charge on any atom is 1.00 e. The van der Waals surface area contributed by atoms with Gasteiger partial charge in [0.15, 0.2) is 0 Å². The quantitative estimate of drug-likeness (QED) is 0.344. The third-order valence-corrected chi connectivity index (χ3v) is 1.36. The van der Waals surface area contributed by atoms with Gasteiger partial charge < -0.3 is 0 Å². The number of rotatable bonds is 0. The van der Waals surface area contributed by atoms with Crippen molar-refractivity contribution in [3.63, 3.8) is 0 Å². The number of hydrogen-bond acceptors (Lipinski definition) is 0. The molecule has 0 aromatic heterocycles. The largest absolute Gasteiger partial charge is 1.00 e. The molecule has 0 N–H and O–H groups in total. The van der Waals surface area contributed by atoms with Gasteiger partial charge in [0, 0.05) is 0 Å². The van der Waals surface area contributed by atoms with Gasteiger partial charge in [-0.3, -0.25) is 6.08 Å². The summed E-state index contributed by atoms with van der Waals surface area (Å²) < 4.78 is 0. The molecule has 0 unspecified atom stereocenters. The fourth-order valence-electron chi connectivity index (χ4n) is 0.630. The Morgan fingerprint density at radius 3 is 2.73 bits per heavy atom. The molecule has 1 aliphatic rings. The fraction of sp³-hybridized carbons (Fsp3) is 0.111. The zero-order chi connectivity index (χ0) is 7.23. The Bertz CT molecular complexity index is 209. The molecule has 0 radical (unpaired) electrons. The van der Waals surface area contributed by atoms with E-state index >= 15 is 0 Å². The van der Waals surface area contributed by atoms with Crippen molar-refractivity contribution in [3.8, 4) is 0 Å². The van der Waals surface area contributed by atoms with Crippen LogP contribution in [0.15, 0.2) is 41.5 Å². The predicted molar refractivity (Wildman–Crippen MR) is 44.6 cm³/mol. The Morgan fingerprint density at radius 2 is 1.91 bits per heavy atom. The van der Waals surface area contributed by atoms with Crippen LogP contribution in [0.2, 0.25) is 0 Å². The van der Waals surface area contributed by atoms with Crippen molar-refractivity contribution in [2.24, 2.45) is 0 Å². The Labute approximate surface area is 84.5 Å². The monoisotopic (exact) mass is 158 g/mol. The molecule has 0 aliphatic heterocycles. The first kappa shape index (κ1) is 10.8. The van der Waals surface area contributed by atoms with Gasteiger partial charge >= 0.3 is 18.9 Å². The first-order chi connectivity index (χ1) is 4.89. The molecule has 0 nitrogen and oxygen atoms in total. The van der Waals surface area contributed by atoms with Gasteiger partial charge in [0.1, 0.15) is 0 Å². The molecule has 1 rings (SSSR count). The molecule has 2 heteroatoms. The average molecular weight is 159 g/mol. The summed E-state index contributed by atoms with van der Waals surface area (Å²) in [7, 11) is 0. The Morgan fingerprint density at radius 1 is 1.18 bits per heavy atom. The van der Waals surface area contributed by atoms with Crippen LogP contribution in [0.1, 0.15) is 6.42 Å². The minimum Gasteiger partial charge on any atom is -0.252 e. The van der Waals surface area contributed by atoms with Gasteiger partial charge in [0.25, 0.3) is 0 Å². The van der Waals surface area contributed by atoms with Crippen LogP contribution in [-0.2, 0) is 0 Å². The van der Waals surface area contributed by atoms with Crippen molar-refractivity contribution in [2.75, 3.05) is 0 Å². The van der Waals surface area contributed by atoms with Crippen molar-refractivity contribution >= 4 is 11.6 Å². The Hall–Kier alpha value is -0.153. The van der Waals surface area contributed by atoms with Crippen LogP contribution in [0.3, 0.4) is 0 Å². The molecular weight excluding hydrogens is 150 g/mol. The van der Waals surface area contributed by atoms with Gasteiger partial charge in [-0.25, -0.2) is 0 Å². The molecular formula is C9H8ClLi. The van der Waals surface area contributed by atoms with E-state index in [9.17, 15) is 0 Å². The second-order valence-corrected chi connectivity index (χ2v) is 2.31. The second kappa shape index (κ2) is 6.55. The van der Waals surface area contributed by atoms with Crippen molar-refractivity contribution < 1.29 is 18.9 Å². The minimum atomic E-state index is 0. The smallest absolute Gasteiger partial charge is 0.252 e. The zero-order valence-corrected chi connectivity index (χ0v) is 7.31. The summed E-state index contributed by atoms with van der Waals surface area (Å²) in [6.07, 6.45) is 15.4.